The van der Waals surface area contributed by atoms with Gasteiger partial charge in [0.2, 0.25) is 5.88 Å². The average Bonchev–Trinajstić information content (AvgIpc) is 2.12. The number of hydrogen-bond donors (Lipinski definition) is 1. The topological polar surface area (TPSA) is 102 Å². The molecule has 0 radical (unpaired) electrons. The summed E-state index contributed by atoms with van der Waals surface area (Å²) in [6, 6.07) is 0.235. The number of H-pyrrole nitrogens is 1. The normalized spacial score (nSPS) is 11.0. The molecule has 1 aromatic heterocycles. The third-order valence-electron chi connectivity index (χ3n) is 1.53. The second kappa shape index (κ2) is 4.23. The molecular weight excluding hydrogens is 249 g/mol. The Balaban J connectivity index is 3.33. The van der Waals surface area contributed by atoms with Gasteiger partial charge in [0.1, 0.15) is 0 Å². The second-order valence-electron chi connectivity index (χ2n) is 2.68. The van der Waals surface area contributed by atoms with Crippen LogP contribution < -0.4 is 10.2 Å². The summed E-state index contributed by atoms with van der Waals surface area (Å²) in [4.78, 5) is 32.3. The van der Waals surface area contributed by atoms with Gasteiger partial charge >= 0.3 is 12.0 Å². The van der Waals surface area contributed by atoms with E-state index in [4.69, 9.17) is 0 Å². The summed E-state index contributed by atoms with van der Waals surface area (Å²) in [5.41, 5.74) is -3.41. The standard InChI is InChI=1S/C7H3F3N2O5/c8-7(9,10)17-5-1-4(14)6(12(15)16)3(2-13)11-5/h1-2H,(H,11,14). The van der Waals surface area contributed by atoms with E-state index < -0.39 is 34.0 Å². The van der Waals surface area contributed by atoms with Gasteiger partial charge in [-0.25, -0.2) is 0 Å². The van der Waals surface area contributed by atoms with Crippen molar-refractivity contribution in [3.63, 3.8) is 0 Å². The monoisotopic (exact) mass is 252 g/mol. The molecule has 0 saturated heterocycles. The zero-order chi connectivity index (χ0) is 13.2. The Morgan fingerprint density at radius 3 is 2.47 bits per heavy atom. The van der Waals surface area contributed by atoms with Gasteiger partial charge in [0, 0.05) is 0 Å². The number of alkyl halides is 3. The first kappa shape index (κ1) is 12.7. The minimum absolute atomic E-state index is 0.150. The minimum Gasteiger partial charge on any atom is -0.390 e. The number of hydrogen-bond acceptors (Lipinski definition) is 5. The Bertz CT molecular complexity index is 521. The number of rotatable bonds is 3. The van der Waals surface area contributed by atoms with Gasteiger partial charge in [0.25, 0.3) is 5.43 Å². The number of carbonyl (C=O) groups is 1. The molecule has 7 nitrogen and oxygen atoms in total. The Labute approximate surface area is 90.0 Å². The number of nitrogens with one attached hydrogen (secondary N) is 1. The van der Waals surface area contributed by atoms with Crippen molar-refractivity contribution in [3.05, 3.63) is 32.1 Å². The summed E-state index contributed by atoms with van der Waals surface area (Å²) in [7, 11) is 0. The first-order chi connectivity index (χ1) is 7.74. The number of nitro groups is 1. The van der Waals surface area contributed by atoms with Crippen molar-refractivity contribution < 1.29 is 27.6 Å². The van der Waals surface area contributed by atoms with Crippen LogP contribution >= 0.6 is 0 Å². The van der Waals surface area contributed by atoms with E-state index in [-0.39, 0.29) is 12.4 Å². The van der Waals surface area contributed by atoms with Crippen molar-refractivity contribution in [2.24, 2.45) is 0 Å². The number of ether oxygens (including phenoxy) is 1. The molecular formula is C7H3F3N2O5. The lowest BCUT2D eigenvalue weighted by Crippen LogP contribution is -2.21. The third kappa shape index (κ3) is 3.03. The molecule has 0 spiro atoms. The zero-order valence-corrected chi connectivity index (χ0v) is 7.78. The van der Waals surface area contributed by atoms with Gasteiger partial charge in [-0.15, -0.1) is 13.2 Å². The molecule has 17 heavy (non-hydrogen) atoms. The summed E-state index contributed by atoms with van der Waals surface area (Å²) >= 11 is 0. The Morgan fingerprint density at radius 2 is 2.06 bits per heavy atom. The van der Waals surface area contributed by atoms with Crippen LogP contribution in [0.4, 0.5) is 18.9 Å². The molecule has 0 amide bonds. The number of halogens is 3. The highest BCUT2D eigenvalue weighted by Gasteiger charge is 2.33. The molecule has 0 atom stereocenters. The van der Waals surface area contributed by atoms with Crippen LogP contribution in [0, 0.1) is 10.1 Å². The lowest BCUT2D eigenvalue weighted by Gasteiger charge is -2.08. The number of aromatic nitrogens is 1. The van der Waals surface area contributed by atoms with Crippen LogP contribution in [0.25, 0.3) is 0 Å². The Morgan fingerprint density at radius 1 is 1.47 bits per heavy atom. The maximum atomic E-state index is 11.8. The van der Waals surface area contributed by atoms with E-state index in [1.165, 1.54) is 0 Å². The van der Waals surface area contributed by atoms with Gasteiger partial charge < -0.3 is 9.72 Å². The van der Waals surface area contributed by atoms with Gasteiger partial charge in [-0.2, -0.15) is 0 Å². The predicted octanol–water partition coefficient (Wildman–Crippen LogP) is 0.994. The highest BCUT2D eigenvalue weighted by molar-refractivity contribution is 5.78. The molecule has 0 bridgehead atoms. The first-order valence-corrected chi connectivity index (χ1v) is 3.87. The van der Waals surface area contributed by atoms with Gasteiger partial charge in [-0.1, -0.05) is 0 Å². The molecule has 10 heteroatoms. The minimum atomic E-state index is -5.08. The first-order valence-electron chi connectivity index (χ1n) is 3.87. The van der Waals surface area contributed by atoms with E-state index in [2.05, 4.69) is 4.74 Å². The van der Waals surface area contributed by atoms with E-state index in [9.17, 15) is 32.9 Å². The average molecular weight is 252 g/mol. The molecule has 0 saturated carbocycles. The molecule has 1 rings (SSSR count). The van der Waals surface area contributed by atoms with Crippen molar-refractivity contribution in [1.29, 1.82) is 0 Å². The maximum Gasteiger partial charge on any atom is 0.574 e. The van der Waals surface area contributed by atoms with Gasteiger partial charge in [-0.05, 0) is 0 Å². The summed E-state index contributed by atoms with van der Waals surface area (Å²) in [6.45, 7) is 0. The van der Waals surface area contributed by atoms with E-state index in [0.29, 0.717) is 0 Å². The second-order valence-corrected chi connectivity index (χ2v) is 2.68. The fourth-order valence-corrected chi connectivity index (χ4v) is 1.00. The molecule has 0 unspecified atom stereocenters. The molecule has 1 N–H and O–H groups in total. The Kier molecular flexibility index (Phi) is 3.16. The van der Waals surface area contributed by atoms with E-state index in [0.717, 1.165) is 0 Å². The Hall–Kier alpha value is -2.39. The molecule has 0 fully saturated rings. The fourth-order valence-electron chi connectivity index (χ4n) is 1.00. The van der Waals surface area contributed by atoms with Crippen LogP contribution in [0.2, 0.25) is 0 Å². The number of aldehydes is 1. The van der Waals surface area contributed by atoms with Crippen molar-refractivity contribution >= 4 is 12.0 Å². The highest BCUT2D eigenvalue weighted by atomic mass is 19.4. The van der Waals surface area contributed by atoms with Gasteiger partial charge in [0.15, 0.2) is 12.0 Å². The predicted molar refractivity (Wildman–Crippen MR) is 45.8 cm³/mol. The number of aromatic amines is 1. The third-order valence-corrected chi connectivity index (χ3v) is 1.53. The number of pyridine rings is 1. The SMILES string of the molecule is O=Cc1[nH]c(OC(F)(F)F)cc(=O)c1[N+](=O)[O-]. The summed E-state index contributed by atoms with van der Waals surface area (Å²) in [6.07, 6.45) is -5.23. The molecule has 0 aromatic carbocycles. The molecule has 0 aliphatic heterocycles. The van der Waals surface area contributed by atoms with Crippen molar-refractivity contribution in [2.75, 3.05) is 0 Å². The summed E-state index contributed by atoms with van der Waals surface area (Å²) in [5, 5.41) is 10.4. The lowest BCUT2D eigenvalue weighted by molar-refractivity contribution is -0.386. The summed E-state index contributed by atoms with van der Waals surface area (Å²) in [5.74, 6) is -1.10. The van der Waals surface area contributed by atoms with Crippen LogP contribution in [0.15, 0.2) is 10.9 Å². The van der Waals surface area contributed by atoms with E-state index in [1.807, 2.05) is 0 Å². The smallest absolute Gasteiger partial charge is 0.390 e. The molecule has 1 heterocycles. The van der Waals surface area contributed by atoms with Crippen LogP contribution in [0.3, 0.4) is 0 Å². The van der Waals surface area contributed by atoms with Crippen molar-refractivity contribution in [2.45, 2.75) is 6.36 Å². The van der Waals surface area contributed by atoms with Crippen molar-refractivity contribution in [1.82, 2.24) is 4.98 Å². The zero-order valence-electron chi connectivity index (χ0n) is 7.78. The number of carbonyl (C=O) groups excluding carboxylic acids is 1. The summed E-state index contributed by atoms with van der Waals surface area (Å²) < 4.78 is 38.7. The molecule has 1 aromatic rings. The molecule has 0 aliphatic carbocycles. The quantitative estimate of drug-likeness (QED) is 0.491. The molecule has 92 valence electrons. The van der Waals surface area contributed by atoms with Crippen LogP contribution in [0.1, 0.15) is 10.5 Å². The van der Waals surface area contributed by atoms with E-state index in [1.54, 1.807) is 4.98 Å². The largest absolute Gasteiger partial charge is 0.574 e. The van der Waals surface area contributed by atoms with Crippen LogP contribution in [-0.2, 0) is 0 Å². The number of nitrogens with zero attached hydrogens (tertiary/aromatic N) is 1. The lowest BCUT2D eigenvalue weighted by atomic mass is 10.3. The van der Waals surface area contributed by atoms with Crippen LogP contribution in [0.5, 0.6) is 5.88 Å². The van der Waals surface area contributed by atoms with Gasteiger partial charge in [0.05, 0.1) is 11.0 Å². The maximum absolute atomic E-state index is 11.8. The van der Waals surface area contributed by atoms with Crippen LogP contribution in [-0.4, -0.2) is 22.6 Å². The fraction of sp³-hybridized carbons (Fsp3) is 0.143. The van der Waals surface area contributed by atoms with Crippen molar-refractivity contribution in [3.8, 4) is 5.88 Å². The van der Waals surface area contributed by atoms with Gasteiger partial charge in [-0.3, -0.25) is 19.7 Å². The highest BCUT2D eigenvalue weighted by Crippen LogP contribution is 2.21. The molecule has 0 aliphatic rings. The van der Waals surface area contributed by atoms with E-state index >= 15 is 0 Å².